The molecule has 0 saturated carbocycles. The van der Waals surface area contributed by atoms with Crippen LogP contribution in [-0.4, -0.2) is 61.0 Å². The Kier molecular flexibility index (Phi) is 18.3. The van der Waals surface area contributed by atoms with E-state index in [-0.39, 0.29) is 40.0 Å². The predicted octanol–water partition coefficient (Wildman–Crippen LogP) is 5.15. The quantitative estimate of drug-likeness (QED) is 0.186. The summed E-state index contributed by atoms with van der Waals surface area (Å²) in [6, 6.07) is 22.5. The van der Waals surface area contributed by atoms with E-state index in [1.165, 1.54) is 0 Å². The Balaban J connectivity index is 0.000000997. The van der Waals surface area contributed by atoms with E-state index in [2.05, 4.69) is 4.98 Å². The third kappa shape index (κ3) is 13.2. The van der Waals surface area contributed by atoms with E-state index >= 15 is 0 Å². The van der Waals surface area contributed by atoms with Crippen molar-refractivity contribution in [1.82, 2.24) is 4.98 Å². The van der Waals surface area contributed by atoms with Gasteiger partial charge in [-0.2, -0.15) is 0 Å². The maximum atomic E-state index is 13.9. The molecule has 2 heterocycles. The van der Waals surface area contributed by atoms with Crippen molar-refractivity contribution in [3.63, 3.8) is 0 Å². The number of aliphatic hydroxyl groups is 4. The molecule has 8 heteroatoms. The number of quaternary nitrogens is 1. The molecule has 0 bridgehead atoms. The van der Waals surface area contributed by atoms with Crippen molar-refractivity contribution in [2.75, 3.05) is 6.54 Å². The molecule has 1 aromatic heterocycles. The molecule has 0 radical (unpaired) electrons. The molecule has 7 nitrogen and oxygen atoms in total. The standard InChI is InChI=1S/C23H24N2O2.3C3H8O.Ti/c26-23(20-10-3-1-4-11-20,21-12-5-2-6-13-21)22-14-8-16-25(22,27)18-19-9-7-15-24-17-19;3*1-3(2)4;/h1-7,9-13,15,17,22,26H,8,14,16,18H2;3*3-4H,1-2H3;/t22-,25+;;;;/m0..../s1. The van der Waals surface area contributed by atoms with E-state index in [4.69, 9.17) is 15.3 Å². The molecule has 1 fully saturated rings. The van der Waals surface area contributed by atoms with Crippen molar-refractivity contribution in [2.45, 2.75) is 90.9 Å². The minimum atomic E-state index is -1.33. The molecule has 2 aromatic carbocycles. The van der Waals surface area contributed by atoms with Gasteiger partial charge in [0.2, 0.25) is 0 Å². The van der Waals surface area contributed by atoms with E-state index in [1.54, 1.807) is 53.9 Å². The van der Waals surface area contributed by atoms with Gasteiger partial charge in [0.1, 0.15) is 12.6 Å². The second-order valence-electron chi connectivity index (χ2n) is 10.6. The Morgan fingerprint density at radius 3 is 1.60 bits per heavy atom. The number of nitrogens with zero attached hydrogens (tertiary/aromatic N) is 2. The summed E-state index contributed by atoms with van der Waals surface area (Å²) in [6.45, 7) is 11.2. The predicted molar refractivity (Wildman–Crippen MR) is 157 cm³/mol. The molecule has 4 rings (SSSR count). The summed E-state index contributed by atoms with van der Waals surface area (Å²) >= 11 is 0. The van der Waals surface area contributed by atoms with Crippen LogP contribution in [0.4, 0.5) is 0 Å². The third-order valence-corrected chi connectivity index (χ3v) is 5.67. The van der Waals surface area contributed by atoms with Gasteiger partial charge < -0.3 is 30.3 Å². The Morgan fingerprint density at radius 2 is 1.23 bits per heavy atom. The van der Waals surface area contributed by atoms with Crippen LogP contribution in [0.15, 0.2) is 85.2 Å². The third-order valence-electron chi connectivity index (χ3n) is 5.67. The number of hydrogen-bond acceptors (Lipinski definition) is 6. The van der Waals surface area contributed by atoms with Crippen LogP contribution in [0.5, 0.6) is 0 Å². The number of benzene rings is 2. The summed E-state index contributed by atoms with van der Waals surface area (Å²) in [7, 11) is 0. The van der Waals surface area contributed by atoms with E-state index in [0.717, 1.165) is 23.1 Å². The minimum Gasteiger partial charge on any atom is -0.632 e. The van der Waals surface area contributed by atoms with Gasteiger partial charge in [-0.15, -0.1) is 0 Å². The smallest absolute Gasteiger partial charge is 0.167 e. The van der Waals surface area contributed by atoms with Crippen LogP contribution in [-0.2, 0) is 33.9 Å². The van der Waals surface area contributed by atoms with Gasteiger partial charge in [0.05, 0.1) is 6.54 Å². The van der Waals surface area contributed by atoms with Crippen LogP contribution in [0.25, 0.3) is 0 Å². The van der Waals surface area contributed by atoms with E-state index in [0.29, 0.717) is 19.5 Å². The molecular weight excluding hydrogens is 540 g/mol. The van der Waals surface area contributed by atoms with Crippen LogP contribution >= 0.6 is 0 Å². The number of aliphatic hydroxyl groups excluding tert-OH is 3. The molecule has 0 amide bonds. The van der Waals surface area contributed by atoms with Crippen molar-refractivity contribution in [1.29, 1.82) is 0 Å². The number of pyridine rings is 1. The van der Waals surface area contributed by atoms with Crippen LogP contribution in [0.3, 0.4) is 0 Å². The second-order valence-corrected chi connectivity index (χ2v) is 10.6. The fourth-order valence-electron chi connectivity index (χ4n) is 4.42. The Bertz CT molecular complexity index is 961. The second kappa shape index (κ2) is 19.2. The first kappa shape index (κ1) is 38.1. The summed E-state index contributed by atoms with van der Waals surface area (Å²) in [5.74, 6) is 0. The first-order chi connectivity index (χ1) is 18.3. The first-order valence-electron chi connectivity index (χ1n) is 13.7. The number of aromatic nitrogens is 1. The maximum Gasteiger partial charge on any atom is 0.167 e. The van der Waals surface area contributed by atoms with E-state index in [9.17, 15) is 10.3 Å². The maximum absolute atomic E-state index is 13.9. The average Bonchev–Trinajstić information content (AvgIpc) is 3.25. The number of hydroxylamine groups is 3. The molecule has 0 unspecified atom stereocenters. The topological polar surface area (TPSA) is 117 Å². The summed E-state index contributed by atoms with van der Waals surface area (Å²) < 4.78 is -0.439. The largest absolute Gasteiger partial charge is 0.632 e. The van der Waals surface area contributed by atoms with Gasteiger partial charge in [-0.25, -0.2) is 0 Å². The van der Waals surface area contributed by atoms with Crippen molar-refractivity contribution < 1.29 is 46.8 Å². The Hall–Kier alpha value is -1.94. The molecule has 1 aliphatic heterocycles. The molecule has 0 aliphatic carbocycles. The van der Waals surface area contributed by atoms with Crippen molar-refractivity contribution >= 4 is 0 Å². The zero-order valence-corrected chi connectivity index (χ0v) is 26.4. The number of likely N-dealkylation sites (tertiary alicyclic amines) is 1. The first-order valence-corrected chi connectivity index (χ1v) is 13.7. The SMILES string of the molecule is CC(C)O.CC(C)O.CC(C)O.[O-][N@@+]1(Cc2cccnc2)CCC[C@H]1C(O)(c1ccccc1)c1ccccc1.[Ti]. The molecule has 40 heavy (non-hydrogen) atoms. The van der Waals surface area contributed by atoms with Crippen LogP contribution < -0.4 is 0 Å². The van der Waals surface area contributed by atoms with Gasteiger partial charge in [-0.1, -0.05) is 66.7 Å². The van der Waals surface area contributed by atoms with Gasteiger partial charge in [-0.3, -0.25) is 4.98 Å². The van der Waals surface area contributed by atoms with Crippen LogP contribution in [0, 0.1) is 5.21 Å². The minimum absolute atomic E-state index is 0. The molecule has 3 aromatic rings. The molecule has 1 saturated heterocycles. The zero-order valence-electron chi connectivity index (χ0n) is 24.8. The Labute approximate surface area is 255 Å². The molecule has 4 N–H and O–H groups in total. The Morgan fingerprint density at radius 1 is 0.800 bits per heavy atom. The zero-order chi connectivity index (χ0) is 29.5. The normalized spacial score (nSPS) is 18.0. The van der Waals surface area contributed by atoms with Crippen LogP contribution in [0.2, 0.25) is 0 Å². The number of rotatable bonds is 5. The average molecular weight is 589 g/mol. The molecule has 1 aliphatic rings. The van der Waals surface area contributed by atoms with Crippen molar-refractivity contribution in [3.05, 3.63) is 107 Å². The summed E-state index contributed by atoms with van der Waals surface area (Å²) in [4.78, 5) is 4.15. The summed E-state index contributed by atoms with van der Waals surface area (Å²) in [5.41, 5.74) is 1.12. The van der Waals surface area contributed by atoms with Gasteiger partial charge >= 0.3 is 0 Å². The van der Waals surface area contributed by atoms with Gasteiger partial charge in [-0.05, 0) is 58.7 Å². The fraction of sp³-hybridized carbons (Fsp3) is 0.469. The summed E-state index contributed by atoms with van der Waals surface area (Å²) in [5, 5.41) is 50.1. The van der Waals surface area contributed by atoms with Gasteiger partial charge in [0.15, 0.2) is 5.60 Å². The van der Waals surface area contributed by atoms with Crippen molar-refractivity contribution in [2.24, 2.45) is 0 Å². The van der Waals surface area contributed by atoms with Crippen molar-refractivity contribution in [3.8, 4) is 0 Å². The molecule has 220 valence electrons. The molecular formula is C32H48N2O5Ti. The van der Waals surface area contributed by atoms with Gasteiger partial charge in [0.25, 0.3) is 0 Å². The van der Waals surface area contributed by atoms with E-state index < -0.39 is 16.3 Å². The van der Waals surface area contributed by atoms with Gasteiger partial charge in [0, 0.05) is 70.8 Å². The number of hydrogen-bond donors (Lipinski definition) is 4. The fourth-order valence-corrected chi connectivity index (χ4v) is 4.42. The molecule has 2 atom stereocenters. The molecule has 0 spiro atoms. The van der Waals surface area contributed by atoms with Crippen LogP contribution in [0.1, 0.15) is 71.1 Å². The van der Waals surface area contributed by atoms with E-state index in [1.807, 2.05) is 72.8 Å². The summed E-state index contributed by atoms with van der Waals surface area (Å²) in [6.07, 6.45) is 4.45. The monoisotopic (exact) mass is 588 g/mol.